The molecule has 3 rings (SSSR count). The number of nitrogens with two attached hydrogens (primary N) is 1. The van der Waals surface area contributed by atoms with E-state index in [-0.39, 0.29) is 5.82 Å². The van der Waals surface area contributed by atoms with Crippen LogP contribution in [0, 0.1) is 5.82 Å². The van der Waals surface area contributed by atoms with Crippen LogP contribution in [0.5, 0.6) is 0 Å². The monoisotopic (exact) mass is 288 g/mol. The Bertz CT molecular complexity index is 769. The average Bonchev–Trinajstić information content (AvgIpc) is 2.82. The van der Waals surface area contributed by atoms with Crippen LogP contribution in [-0.2, 0) is 0 Å². The lowest BCUT2D eigenvalue weighted by Crippen LogP contribution is -1.91. The quantitative estimate of drug-likeness (QED) is 0.758. The van der Waals surface area contributed by atoms with Crippen LogP contribution in [0.25, 0.3) is 22.4 Å². The lowest BCUT2D eigenvalue weighted by Gasteiger charge is -2.07. The van der Waals surface area contributed by atoms with E-state index in [1.54, 1.807) is 12.1 Å². The summed E-state index contributed by atoms with van der Waals surface area (Å²) in [6.07, 6.45) is 2.65. The topological polar surface area (TPSA) is 67.6 Å². The Morgan fingerprint density at radius 3 is 2.70 bits per heavy atom. The predicted molar refractivity (Wildman–Crippen MR) is 76.6 cm³/mol. The Kier molecular flexibility index (Phi) is 3.12. The minimum absolute atomic E-state index is 0.268. The Balaban J connectivity index is 2.26. The van der Waals surface area contributed by atoms with Gasteiger partial charge in [0.1, 0.15) is 0 Å². The lowest BCUT2D eigenvalue weighted by molar-refractivity contribution is 0.624. The molecule has 0 saturated heterocycles. The number of rotatable bonds is 2. The second-order valence-corrected chi connectivity index (χ2v) is 4.60. The number of nitrogens with one attached hydrogen (secondary N) is 1. The summed E-state index contributed by atoms with van der Waals surface area (Å²) in [5.74, 6) is -0.186. The van der Waals surface area contributed by atoms with Crippen LogP contribution < -0.4 is 5.73 Å². The van der Waals surface area contributed by atoms with Crippen LogP contribution in [0.1, 0.15) is 0 Å². The minimum Gasteiger partial charge on any atom is -0.382 e. The van der Waals surface area contributed by atoms with E-state index in [4.69, 9.17) is 17.3 Å². The molecule has 2 aromatic heterocycles. The van der Waals surface area contributed by atoms with Crippen LogP contribution in [-0.4, -0.2) is 15.2 Å². The maximum atomic E-state index is 13.9. The smallest absolute Gasteiger partial charge is 0.153 e. The molecular weight excluding hydrogens is 279 g/mol. The van der Waals surface area contributed by atoms with Gasteiger partial charge in [0.25, 0.3) is 0 Å². The number of H-pyrrole nitrogens is 1. The third kappa shape index (κ3) is 2.02. The number of aromatic nitrogens is 3. The van der Waals surface area contributed by atoms with E-state index in [9.17, 15) is 4.39 Å². The number of nitrogen functional groups attached to an aromatic ring is 1. The maximum absolute atomic E-state index is 13.9. The highest BCUT2D eigenvalue weighted by Gasteiger charge is 2.19. The Morgan fingerprint density at radius 2 is 1.95 bits per heavy atom. The molecule has 6 heteroatoms. The number of anilines is 1. The number of halogens is 2. The molecule has 0 atom stereocenters. The molecule has 0 amide bonds. The van der Waals surface area contributed by atoms with Crippen molar-refractivity contribution >= 4 is 17.4 Å². The van der Waals surface area contributed by atoms with Crippen molar-refractivity contribution in [2.75, 3.05) is 5.73 Å². The second-order valence-electron chi connectivity index (χ2n) is 4.19. The molecule has 20 heavy (non-hydrogen) atoms. The molecule has 0 fully saturated rings. The summed E-state index contributed by atoms with van der Waals surface area (Å²) in [5.41, 5.74) is 8.00. The van der Waals surface area contributed by atoms with E-state index >= 15 is 0 Å². The van der Waals surface area contributed by atoms with Gasteiger partial charge in [-0.25, -0.2) is 4.39 Å². The van der Waals surface area contributed by atoms with Gasteiger partial charge in [0.05, 0.1) is 17.5 Å². The zero-order valence-electron chi connectivity index (χ0n) is 10.3. The number of pyridine rings is 1. The highest BCUT2D eigenvalue weighted by Crippen LogP contribution is 2.38. The molecule has 0 radical (unpaired) electrons. The van der Waals surface area contributed by atoms with Crippen molar-refractivity contribution in [3.63, 3.8) is 0 Å². The van der Waals surface area contributed by atoms with Gasteiger partial charge in [-0.3, -0.25) is 10.1 Å². The van der Waals surface area contributed by atoms with Crippen LogP contribution in [0.2, 0.25) is 5.02 Å². The van der Waals surface area contributed by atoms with Gasteiger partial charge in [-0.1, -0.05) is 29.8 Å². The van der Waals surface area contributed by atoms with E-state index in [2.05, 4.69) is 15.2 Å². The lowest BCUT2D eigenvalue weighted by atomic mass is 10.0. The predicted octanol–water partition coefficient (Wildman–Crippen LogP) is 3.51. The largest absolute Gasteiger partial charge is 0.382 e. The van der Waals surface area contributed by atoms with Crippen molar-refractivity contribution in [1.82, 2.24) is 15.2 Å². The minimum atomic E-state index is -0.454. The van der Waals surface area contributed by atoms with Crippen LogP contribution >= 0.6 is 11.6 Å². The number of hydrogen-bond acceptors (Lipinski definition) is 3. The summed E-state index contributed by atoms with van der Waals surface area (Å²) < 4.78 is 13.9. The van der Waals surface area contributed by atoms with Gasteiger partial charge in [-0.05, 0) is 12.1 Å². The SMILES string of the molecule is Nc1n[nH]c(-c2ccncc2F)c1-c1ccccc1Cl. The molecule has 4 nitrogen and oxygen atoms in total. The van der Waals surface area contributed by atoms with Crippen molar-refractivity contribution in [2.24, 2.45) is 0 Å². The van der Waals surface area contributed by atoms with Gasteiger partial charge < -0.3 is 5.73 Å². The first-order valence-corrected chi connectivity index (χ1v) is 6.25. The molecule has 3 aromatic rings. The summed E-state index contributed by atoms with van der Waals surface area (Å²) in [5, 5.41) is 7.24. The van der Waals surface area contributed by atoms with Gasteiger partial charge in [0.15, 0.2) is 11.6 Å². The average molecular weight is 289 g/mol. The fourth-order valence-corrected chi connectivity index (χ4v) is 2.30. The molecule has 2 heterocycles. The molecule has 0 spiro atoms. The molecule has 0 aliphatic heterocycles. The molecule has 0 unspecified atom stereocenters. The molecule has 3 N–H and O–H groups in total. The number of benzene rings is 1. The van der Waals surface area contributed by atoms with Crippen molar-refractivity contribution in [3.05, 3.63) is 53.6 Å². The summed E-state index contributed by atoms with van der Waals surface area (Å²) in [7, 11) is 0. The van der Waals surface area contributed by atoms with E-state index in [1.807, 2.05) is 18.2 Å². The summed E-state index contributed by atoms with van der Waals surface area (Å²) in [4.78, 5) is 3.73. The number of aromatic amines is 1. The Labute approximate surface area is 119 Å². The molecule has 0 aliphatic carbocycles. The maximum Gasteiger partial charge on any atom is 0.153 e. The highest BCUT2D eigenvalue weighted by atomic mass is 35.5. The van der Waals surface area contributed by atoms with Crippen molar-refractivity contribution in [2.45, 2.75) is 0 Å². The zero-order chi connectivity index (χ0) is 14.1. The van der Waals surface area contributed by atoms with Crippen LogP contribution in [0.3, 0.4) is 0 Å². The van der Waals surface area contributed by atoms with Crippen molar-refractivity contribution < 1.29 is 4.39 Å². The van der Waals surface area contributed by atoms with Gasteiger partial charge in [0, 0.05) is 22.3 Å². The van der Waals surface area contributed by atoms with E-state index in [0.717, 1.165) is 6.20 Å². The zero-order valence-corrected chi connectivity index (χ0v) is 11.0. The first kappa shape index (κ1) is 12.6. The van der Waals surface area contributed by atoms with E-state index < -0.39 is 5.82 Å². The van der Waals surface area contributed by atoms with Crippen LogP contribution in [0.15, 0.2) is 42.7 Å². The summed E-state index contributed by atoms with van der Waals surface area (Å²) in [6.45, 7) is 0. The molecule has 0 saturated carbocycles. The molecule has 0 bridgehead atoms. The fourth-order valence-electron chi connectivity index (χ4n) is 2.07. The standard InChI is InChI=1S/C14H10ClFN4/c15-10-4-2-1-3-8(10)12-13(19-20-14(12)17)9-5-6-18-7-11(9)16/h1-7H,(H3,17,19,20). The third-order valence-electron chi connectivity index (χ3n) is 2.98. The van der Waals surface area contributed by atoms with Crippen molar-refractivity contribution in [3.8, 4) is 22.4 Å². The Morgan fingerprint density at radius 1 is 1.15 bits per heavy atom. The number of nitrogens with zero attached hydrogens (tertiary/aromatic N) is 2. The summed E-state index contributed by atoms with van der Waals surface area (Å²) in [6, 6.07) is 8.76. The first-order valence-electron chi connectivity index (χ1n) is 5.87. The van der Waals surface area contributed by atoms with Gasteiger partial charge in [-0.15, -0.1) is 0 Å². The molecular formula is C14H10ClFN4. The Hall–Kier alpha value is -2.40. The first-order chi connectivity index (χ1) is 9.68. The number of hydrogen-bond donors (Lipinski definition) is 2. The highest BCUT2D eigenvalue weighted by molar-refractivity contribution is 6.33. The summed E-state index contributed by atoms with van der Waals surface area (Å²) >= 11 is 6.18. The molecule has 100 valence electrons. The third-order valence-corrected chi connectivity index (χ3v) is 3.31. The van der Waals surface area contributed by atoms with E-state index in [1.165, 1.54) is 6.20 Å². The van der Waals surface area contributed by atoms with Crippen LogP contribution in [0.4, 0.5) is 10.2 Å². The fraction of sp³-hybridized carbons (Fsp3) is 0. The van der Waals surface area contributed by atoms with Crippen molar-refractivity contribution in [1.29, 1.82) is 0 Å². The normalized spacial score (nSPS) is 10.7. The van der Waals surface area contributed by atoms with Gasteiger partial charge >= 0.3 is 0 Å². The second kappa shape index (κ2) is 4.94. The molecule has 0 aliphatic rings. The molecule has 1 aromatic carbocycles. The van der Waals surface area contributed by atoms with Gasteiger partial charge in [0.2, 0.25) is 0 Å². The van der Waals surface area contributed by atoms with E-state index in [0.29, 0.717) is 27.4 Å². The van der Waals surface area contributed by atoms with Gasteiger partial charge in [-0.2, -0.15) is 5.10 Å².